The van der Waals surface area contributed by atoms with Crippen molar-refractivity contribution < 1.29 is 9.59 Å². The van der Waals surface area contributed by atoms with Crippen LogP contribution in [0.3, 0.4) is 0 Å². The number of aryl methyl sites for hydroxylation is 2. The van der Waals surface area contributed by atoms with Crippen LogP contribution in [-0.4, -0.2) is 18.0 Å². The Hall–Kier alpha value is -4.31. The molecular formula is C34H28N2O2. The predicted octanol–water partition coefficient (Wildman–Crippen LogP) is 6.57. The second kappa shape index (κ2) is 8.09. The second-order valence-electron chi connectivity index (χ2n) is 10.8. The van der Waals surface area contributed by atoms with Crippen LogP contribution in [0.15, 0.2) is 96.0 Å². The number of carbonyl (C=O) groups is 2. The Morgan fingerprint density at radius 2 is 1.37 bits per heavy atom. The number of aliphatic imine (C=N–C) groups is 1. The average Bonchev–Trinajstić information content (AvgIpc) is 3.21. The molecule has 1 fully saturated rings. The Balaban J connectivity index is 1.51. The molecule has 4 aliphatic rings. The van der Waals surface area contributed by atoms with Crippen LogP contribution in [0.5, 0.6) is 0 Å². The van der Waals surface area contributed by atoms with Crippen molar-refractivity contribution in [3.05, 3.63) is 130 Å². The van der Waals surface area contributed by atoms with E-state index < -0.39 is 17.3 Å². The molecule has 186 valence electrons. The number of nitrogens with zero attached hydrogens (tertiary/aromatic N) is 2. The lowest BCUT2D eigenvalue weighted by Gasteiger charge is -2.52. The molecule has 38 heavy (non-hydrogen) atoms. The van der Waals surface area contributed by atoms with Gasteiger partial charge in [0.05, 0.1) is 28.6 Å². The van der Waals surface area contributed by atoms with E-state index in [-0.39, 0.29) is 17.7 Å². The monoisotopic (exact) mass is 496 g/mol. The number of hydrogen-bond donors (Lipinski definition) is 0. The fraction of sp³-hybridized carbons (Fsp3) is 0.206. The molecular weight excluding hydrogens is 468 g/mol. The molecule has 8 rings (SSSR count). The molecule has 4 aromatic carbocycles. The van der Waals surface area contributed by atoms with Gasteiger partial charge in [0.25, 0.3) is 0 Å². The van der Waals surface area contributed by atoms with E-state index in [0.717, 1.165) is 39.1 Å². The molecule has 1 aliphatic heterocycles. The molecule has 0 unspecified atom stereocenters. The van der Waals surface area contributed by atoms with E-state index >= 15 is 0 Å². The zero-order valence-electron chi connectivity index (χ0n) is 21.7. The minimum atomic E-state index is -0.852. The number of carbonyl (C=O) groups excluding carboxylic acids is 2. The van der Waals surface area contributed by atoms with E-state index in [1.807, 2.05) is 73.8 Å². The summed E-state index contributed by atoms with van der Waals surface area (Å²) in [5.41, 5.74) is 8.41. The molecule has 2 amide bonds. The van der Waals surface area contributed by atoms with E-state index in [9.17, 15) is 9.59 Å². The maximum Gasteiger partial charge on any atom is 0.239 e. The van der Waals surface area contributed by atoms with Gasteiger partial charge in [-0.1, -0.05) is 78.4 Å². The Morgan fingerprint density at radius 3 is 2.03 bits per heavy atom. The third kappa shape index (κ3) is 2.89. The van der Waals surface area contributed by atoms with Crippen LogP contribution in [-0.2, 0) is 15.0 Å². The molecule has 0 saturated carbocycles. The average molecular weight is 497 g/mol. The van der Waals surface area contributed by atoms with Crippen LogP contribution in [0, 0.1) is 32.6 Å². The minimum Gasteiger partial charge on any atom is -0.274 e. The van der Waals surface area contributed by atoms with Crippen molar-refractivity contribution in [1.29, 1.82) is 0 Å². The summed E-state index contributed by atoms with van der Waals surface area (Å²) in [7, 11) is 0. The Morgan fingerprint density at radius 1 is 0.737 bits per heavy atom. The number of benzene rings is 4. The van der Waals surface area contributed by atoms with Crippen molar-refractivity contribution in [2.75, 3.05) is 4.90 Å². The normalized spacial score (nSPS) is 25.0. The molecule has 0 spiro atoms. The lowest BCUT2D eigenvalue weighted by atomic mass is 9.47. The fourth-order valence-corrected chi connectivity index (χ4v) is 7.04. The number of imide groups is 1. The highest BCUT2D eigenvalue weighted by molar-refractivity contribution is 6.25. The fourth-order valence-electron chi connectivity index (χ4n) is 7.04. The maximum atomic E-state index is 14.4. The highest BCUT2D eigenvalue weighted by Crippen LogP contribution is 2.63. The number of rotatable bonds is 3. The zero-order chi connectivity index (χ0) is 26.2. The van der Waals surface area contributed by atoms with Gasteiger partial charge in [-0.15, -0.1) is 0 Å². The summed E-state index contributed by atoms with van der Waals surface area (Å²) in [5, 5.41) is 0. The first-order chi connectivity index (χ1) is 18.4. The van der Waals surface area contributed by atoms with Crippen molar-refractivity contribution >= 4 is 29.4 Å². The van der Waals surface area contributed by atoms with Gasteiger partial charge < -0.3 is 0 Å². The van der Waals surface area contributed by atoms with Crippen LogP contribution in [0.4, 0.5) is 11.4 Å². The molecule has 2 atom stereocenters. The smallest absolute Gasteiger partial charge is 0.239 e. The zero-order valence-corrected chi connectivity index (χ0v) is 21.7. The lowest BCUT2D eigenvalue weighted by molar-refractivity contribution is -0.122. The maximum absolute atomic E-state index is 14.4. The van der Waals surface area contributed by atoms with Crippen LogP contribution in [0.2, 0.25) is 0 Å². The summed E-state index contributed by atoms with van der Waals surface area (Å²) in [6.45, 7) is 6.16. The molecule has 0 aromatic heterocycles. The first kappa shape index (κ1) is 22.9. The minimum absolute atomic E-state index is 0.123. The Bertz CT molecular complexity index is 1620. The molecule has 0 N–H and O–H groups in total. The lowest BCUT2D eigenvalue weighted by Crippen LogP contribution is -2.54. The topological polar surface area (TPSA) is 49.7 Å². The SMILES string of the molecule is Cc1ccc(N2C(=O)[C@@H]3C4c5ccccc5C(C=Nc5cccc(C)c5C)(c5ccccc54)[C@@H]3C2=O)cc1. The molecule has 2 bridgehead atoms. The Kier molecular flexibility index (Phi) is 4.87. The van der Waals surface area contributed by atoms with Gasteiger partial charge in [0, 0.05) is 12.1 Å². The quantitative estimate of drug-likeness (QED) is 0.238. The summed E-state index contributed by atoms with van der Waals surface area (Å²) in [5.74, 6) is -1.50. The van der Waals surface area contributed by atoms with Crippen molar-refractivity contribution in [2.45, 2.75) is 32.1 Å². The number of amides is 2. The van der Waals surface area contributed by atoms with Crippen LogP contribution < -0.4 is 4.90 Å². The van der Waals surface area contributed by atoms with Gasteiger partial charge in [0.2, 0.25) is 11.8 Å². The summed E-state index contributed by atoms with van der Waals surface area (Å²) >= 11 is 0. The summed E-state index contributed by atoms with van der Waals surface area (Å²) in [6.07, 6.45) is 1.98. The van der Waals surface area contributed by atoms with Gasteiger partial charge in [-0.25, -0.2) is 4.90 Å². The highest BCUT2D eigenvalue weighted by Gasteiger charge is 2.67. The largest absolute Gasteiger partial charge is 0.274 e. The van der Waals surface area contributed by atoms with Gasteiger partial charge in [0.15, 0.2) is 0 Å². The molecule has 4 aromatic rings. The van der Waals surface area contributed by atoms with Crippen molar-refractivity contribution in [3.8, 4) is 0 Å². The molecule has 4 heteroatoms. The van der Waals surface area contributed by atoms with Gasteiger partial charge in [-0.3, -0.25) is 14.6 Å². The van der Waals surface area contributed by atoms with Crippen molar-refractivity contribution in [2.24, 2.45) is 16.8 Å². The highest BCUT2D eigenvalue weighted by atomic mass is 16.2. The van der Waals surface area contributed by atoms with E-state index in [1.165, 1.54) is 10.5 Å². The molecule has 1 saturated heterocycles. The number of anilines is 1. The van der Waals surface area contributed by atoms with Gasteiger partial charge in [0.1, 0.15) is 0 Å². The van der Waals surface area contributed by atoms with Gasteiger partial charge in [-0.2, -0.15) is 0 Å². The van der Waals surface area contributed by atoms with E-state index in [1.54, 1.807) is 0 Å². The third-order valence-corrected chi connectivity index (χ3v) is 8.96. The first-order valence-corrected chi connectivity index (χ1v) is 13.2. The molecule has 3 aliphatic carbocycles. The van der Waals surface area contributed by atoms with Crippen molar-refractivity contribution in [1.82, 2.24) is 0 Å². The predicted molar refractivity (Wildman–Crippen MR) is 150 cm³/mol. The summed E-state index contributed by atoms with van der Waals surface area (Å²) in [4.78, 5) is 35.2. The van der Waals surface area contributed by atoms with E-state index in [4.69, 9.17) is 4.99 Å². The summed E-state index contributed by atoms with van der Waals surface area (Å²) < 4.78 is 0. The van der Waals surface area contributed by atoms with Gasteiger partial charge in [-0.05, 0) is 72.4 Å². The van der Waals surface area contributed by atoms with Crippen LogP contribution in [0.1, 0.15) is 44.9 Å². The van der Waals surface area contributed by atoms with Crippen LogP contribution in [0.25, 0.3) is 0 Å². The van der Waals surface area contributed by atoms with Crippen molar-refractivity contribution in [3.63, 3.8) is 0 Å². The van der Waals surface area contributed by atoms with Crippen LogP contribution >= 0.6 is 0 Å². The standard InChI is InChI=1S/C34H28N2O2/c1-20-15-17-23(18-16-20)36-32(37)30-29-24-10-4-6-12-26(24)34(31(30)33(36)38,27-13-7-5-11-25(27)29)19-35-28-14-8-9-21(2)22(28)3/h4-19,29-31H,1-3H3/t29?,30-,31+,34?/m1/s1. The summed E-state index contributed by atoms with van der Waals surface area (Å²) in [6, 6.07) is 30.4. The van der Waals surface area contributed by atoms with E-state index in [0.29, 0.717) is 5.69 Å². The third-order valence-electron chi connectivity index (χ3n) is 8.96. The molecule has 0 radical (unpaired) electrons. The first-order valence-electron chi connectivity index (χ1n) is 13.2. The number of hydrogen-bond acceptors (Lipinski definition) is 3. The second-order valence-corrected chi connectivity index (χ2v) is 10.8. The Labute approximate surface area is 222 Å². The molecule has 1 heterocycles. The van der Waals surface area contributed by atoms with E-state index in [2.05, 4.69) is 44.2 Å². The van der Waals surface area contributed by atoms with Gasteiger partial charge >= 0.3 is 0 Å². The molecule has 4 nitrogen and oxygen atoms in total.